The van der Waals surface area contributed by atoms with Crippen LogP contribution in [-0.4, -0.2) is 30.4 Å². The molecule has 0 bridgehead atoms. The van der Waals surface area contributed by atoms with Gasteiger partial charge in [0.05, 0.1) is 24.0 Å². The first-order valence-electron chi connectivity index (χ1n) is 9.47. The van der Waals surface area contributed by atoms with Crippen molar-refractivity contribution in [3.8, 4) is 0 Å². The number of hydrogen-bond donors (Lipinski definition) is 2. The molecule has 1 aromatic carbocycles. The van der Waals surface area contributed by atoms with Crippen molar-refractivity contribution in [2.75, 3.05) is 11.9 Å². The van der Waals surface area contributed by atoms with E-state index in [0.29, 0.717) is 24.3 Å². The van der Waals surface area contributed by atoms with Crippen LogP contribution in [0.4, 0.5) is 5.69 Å². The van der Waals surface area contributed by atoms with Crippen molar-refractivity contribution in [2.24, 2.45) is 11.8 Å². The molecule has 26 heavy (non-hydrogen) atoms. The molecule has 2 fully saturated rings. The molecular weight excluding hydrogens is 332 g/mol. The van der Waals surface area contributed by atoms with E-state index in [2.05, 4.69) is 10.6 Å². The summed E-state index contributed by atoms with van der Waals surface area (Å²) in [6.45, 7) is 2.08. The molecule has 0 aliphatic heterocycles. The number of anilines is 1. The zero-order chi connectivity index (χ0) is 18.5. The van der Waals surface area contributed by atoms with Crippen LogP contribution < -0.4 is 10.6 Å². The van der Waals surface area contributed by atoms with Crippen LogP contribution in [-0.2, 0) is 14.3 Å². The van der Waals surface area contributed by atoms with E-state index >= 15 is 0 Å². The van der Waals surface area contributed by atoms with Gasteiger partial charge in [0.2, 0.25) is 11.8 Å². The fourth-order valence-corrected chi connectivity index (χ4v) is 3.47. The highest BCUT2D eigenvalue weighted by Gasteiger charge is 2.48. The molecule has 140 valence electrons. The van der Waals surface area contributed by atoms with Gasteiger partial charge >= 0.3 is 5.97 Å². The number of hydrogen-bond acceptors (Lipinski definition) is 4. The second kappa shape index (κ2) is 8.34. The predicted molar refractivity (Wildman–Crippen MR) is 97.6 cm³/mol. The van der Waals surface area contributed by atoms with Crippen LogP contribution in [0.25, 0.3) is 0 Å². The second-order valence-corrected chi connectivity index (χ2v) is 7.08. The zero-order valence-electron chi connectivity index (χ0n) is 15.1. The maximum atomic E-state index is 12.3. The molecule has 2 N–H and O–H groups in total. The van der Waals surface area contributed by atoms with Crippen molar-refractivity contribution in [1.82, 2.24) is 5.32 Å². The van der Waals surface area contributed by atoms with Crippen LogP contribution in [0.1, 0.15) is 55.8 Å². The van der Waals surface area contributed by atoms with Gasteiger partial charge in [-0.05, 0) is 50.5 Å². The Kier molecular flexibility index (Phi) is 5.91. The Labute approximate surface area is 153 Å². The molecule has 2 unspecified atom stereocenters. The zero-order valence-corrected chi connectivity index (χ0v) is 15.1. The highest BCUT2D eigenvalue weighted by molar-refractivity contribution is 6.00. The number of rotatable bonds is 6. The fourth-order valence-electron chi connectivity index (χ4n) is 3.47. The molecule has 0 heterocycles. The summed E-state index contributed by atoms with van der Waals surface area (Å²) < 4.78 is 4.93. The second-order valence-electron chi connectivity index (χ2n) is 7.08. The third-order valence-corrected chi connectivity index (χ3v) is 5.08. The van der Waals surface area contributed by atoms with E-state index in [0.717, 1.165) is 12.8 Å². The number of carbonyl (C=O) groups excluding carboxylic acids is 3. The summed E-state index contributed by atoms with van der Waals surface area (Å²) in [6, 6.07) is 6.85. The summed E-state index contributed by atoms with van der Waals surface area (Å²) in [4.78, 5) is 36.2. The van der Waals surface area contributed by atoms with Crippen LogP contribution in [0.15, 0.2) is 24.3 Å². The van der Waals surface area contributed by atoms with Gasteiger partial charge < -0.3 is 15.4 Å². The van der Waals surface area contributed by atoms with E-state index in [1.165, 1.54) is 19.3 Å². The van der Waals surface area contributed by atoms with Crippen molar-refractivity contribution >= 4 is 23.5 Å². The number of benzene rings is 1. The lowest BCUT2D eigenvalue weighted by atomic mass is 9.95. The summed E-state index contributed by atoms with van der Waals surface area (Å²) in [7, 11) is 0. The van der Waals surface area contributed by atoms with Gasteiger partial charge in [-0.1, -0.05) is 19.3 Å². The largest absolute Gasteiger partial charge is 0.462 e. The molecule has 2 aliphatic carbocycles. The summed E-state index contributed by atoms with van der Waals surface area (Å²) in [5.41, 5.74) is 1.06. The minimum Gasteiger partial charge on any atom is -0.462 e. The molecule has 3 rings (SSSR count). The number of amides is 2. The summed E-state index contributed by atoms with van der Waals surface area (Å²) in [5.74, 6) is -0.988. The van der Waals surface area contributed by atoms with Crippen LogP contribution in [0.3, 0.4) is 0 Å². The lowest BCUT2D eigenvalue weighted by molar-refractivity contribution is -0.126. The smallest absolute Gasteiger partial charge is 0.338 e. The first kappa shape index (κ1) is 18.4. The number of esters is 1. The van der Waals surface area contributed by atoms with E-state index < -0.39 is 0 Å². The van der Waals surface area contributed by atoms with Gasteiger partial charge in [-0.25, -0.2) is 4.79 Å². The Hall–Kier alpha value is -2.37. The van der Waals surface area contributed by atoms with E-state index in [1.54, 1.807) is 31.2 Å². The molecule has 0 radical (unpaired) electrons. The first-order valence-corrected chi connectivity index (χ1v) is 9.47. The van der Waals surface area contributed by atoms with Gasteiger partial charge in [0.25, 0.3) is 0 Å². The van der Waals surface area contributed by atoms with E-state index in [9.17, 15) is 14.4 Å². The first-order chi connectivity index (χ1) is 12.6. The molecule has 2 saturated carbocycles. The monoisotopic (exact) mass is 358 g/mol. The standard InChI is InChI=1S/C20H26N2O4/c1-2-26-20(25)13-8-10-15(11-9-13)22-19(24)17-12-16(17)18(23)21-14-6-4-3-5-7-14/h8-11,14,16-17H,2-7,12H2,1H3,(H,21,23)(H,22,24). The van der Waals surface area contributed by atoms with Gasteiger partial charge in [-0.3, -0.25) is 9.59 Å². The van der Waals surface area contributed by atoms with Crippen LogP contribution in [0.2, 0.25) is 0 Å². The van der Waals surface area contributed by atoms with Crippen LogP contribution in [0.5, 0.6) is 0 Å². The fraction of sp³-hybridized carbons (Fsp3) is 0.550. The minimum atomic E-state index is -0.382. The van der Waals surface area contributed by atoms with Crippen molar-refractivity contribution in [1.29, 1.82) is 0 Å². The number of ether oxygens (including phenoxy) is 1. The molecule has 2 atom stereocenters. The van der Waals surface area contributed by atoms with E-state index in [4.69, 9.17) is 4.74 Å². The molecule has 0 spiro atoms. The Morgan fingerprint density at radius 2 is 1.65 bits per heavy atom. The van der Waals surface area contributed by atoms with Gasteiger partial charge in [-0.2, -0.15) is 0 Å². The Morgan fingerprint density at radius 3 is 2.31 bits per heavy atom. The van der Waals surface area contributed by atoms with Crippen molar-refractivity contribution < 1.29 is 19.1 Å². The summed E-state index contributed by atoms with van der Waals surface area (Å²) in [5, 5.41) is 5.91. The molecule has 2 amide bonds. The van der Waals surface area contributed by atoms with Crippen molar-refractivity contribution in [2.45, 2.75) is 51.5 Å². The SMILES string of the molecule is CCOC(=O)c1ccc(NC(=O)C2CC2C(=O)NC2CCCCC2)cc1. The van der Waals surface area contributed by atoms with E-state index in [1.807, 2.05) is 0 Å². The average Bonchev–Trinajstić information content (AvgIpc) is 3.44. The maximum Gasteiger partial charge on any atom is 0.338 e. The van der Waals surface area contributed by atoms with Gasteiger partial charge in [-0.15, -0.1) is 0 Å². The molecule has 6 nitrogen and oxygen atoms in total. The normalized spacial score (nSPS) is 22.3. The Bertz CT molecular complexity index is 665. The Morgan fingerprint density at radius 1 is 1.00 bits per heavy atom. The Balaban J connectivity index is 1.47. The highest BCUT2D eigenvalue weighted by atomic mass is 16.5. The molecule has 6 heteroatoms. The van der Waals surface area contributed by atoms with Crippen molar-refractivity contribution in [3.05, 3.63) is 29.8 Å². The van der Waals surface area contributed by atoms with Crippen molar-refractivity contribution in [3.63, 3.8) is 0 Å². The molecule has 0 saturated heterocycles. The van der Waals surface area contributed by atoms with Gasteiger partial charge in [0.1, 0.15) is 0 Å². The summed E-state index contributed by atoms with van der Waals surface area (Å²) >= 11 is 0. The number of carbonyl (C=O) groups is 3. The highest BCUT2D eigenvalue weighted by Crippen LogP contribution is 2.40. The lowest BCUT2D eigenvalue weighted by Gasteiger charge is -2.22. The molecule has 1 aromatic rings. The molecule has 2 aliphatic rings. The lowest BCUT2D eigenvalue weighted by Crippen LogP contribution is -2.37. The molecular formula is C20H26N2O4. The quantitative estimate of drug-likeness (QED) is 0.766. The molecule has 0 aromatic heterocycles. The van der Waals surface area contributed by atoms with E-state index in [-0.39, 0.29) is 35.7 Å². The van der Waals surface area contributed by atoms with Gasteiger partial charge in [0, 0.05) is 11.7 Å². The summed E-state index contributed by atoms with van der Waals surface area (Å²) in [6.07, 6.45) is 6.27. The van der Waals surface area contributed by atoms with Crippen LogP contribution in [0, 0.1) is 11.8 Å². The number of nitrogens with one attached hydrogen (secondary N) is 2. The maximum absolute atomic E-state index is 12.3. The predicted octanol–water partition coefficient (Wildman–Crippen LogP) is 2.89. The third kappa shape index (κ3) is 4.62. The minimum absolute atomic E-state index is 0.00899. The topological polar surface area (TPSA) is 84.5 Å². The van der Waals surface area contributed by atoms with Gasteiger partial charge in [0.15, 0.2) is 0 Å². The average molecular weight is 358 g/mol. The third-order valence-electron chi connectivity index (χ3n) is 5.08. The van der Waals surface area contributed by atoms with Crippen LogP contribution >= 0.6 is 0 Å².